The van der Waals surface area contributed by atoms with Gasteiger partial charge in [-0.2, -0.15) is 0 Å². The summed E-state index contributed by atoms with van der Waals surface area (Å²) in [6.45, 7) is 4.14. The average molecular weight is 161 g/mol. The molecule has 0 saturated carbocycles. The number of rotatable bonds is 1. The quantitative estimate of drug-likeness (QED) is 0.636. The van der Waals surface area contributed by atoms with Crippen LogP contribution in [0.25, 0.3) is 5.65 Å². The van der Waals surface area contributed by atoms with Gasteiger partial charge in [0.15, 0.2) is 5.65 Å². The summed E-state index contributed by atoms with van der Waals surface area (Å²) in [6, 6.07) is 0. The van der Waals surface area contributed by atoms with Gasteiger partial charge in [-0.15, -0.1) is 0 Å². The number of imidazole rings is 1. The lowest BCUT2D eigenvalue weighted by atomic mass is 10.3. The van der Waals surface area contributed by atoms with Crippen molar-refractivity contribution in [2.75, 3.05) is 0 Å². The summed E-state index contributed by atoms with van der Waals surface area (Å²) >= 11 is 0. The van der Waals surface area contributed by atoms with Crippen LogP contribution < -0.4 is 0 Å². The molecule has 0 radical (unpaired) electrons. The molecule has 0 fully saturated rings. The molecule has 0 aliphatic heterocycles. The Balaban J connectivity index is 2.71. The molecule has 0 atom stereocenters. The molecule has 0 aliphatic rings. The maximum absolute atomic E-state index is 4.26. The van der Waals surface area contributed by atoms with E-state index in [0.717, 1.165) is 23.5 Å². The normalized spacial score (nSPS) is 10.8. The van der Waals surface area contributed by atoms with Gasteiger partial charge in [-0.05, 0) is 13.3 Å². The van der Waals surface area contributed by atoms with Gasteiger partial charge in [-0.3, -0.25) is 4.98 Å². The van der Waals surface area contributed by atoms with Crippen molar-refractivity contribution in [1.29, 1.82) is 0 Å². The third-order valence-electron chi connectivity index (χ3n) is 2.00. The summed E-state index contributed by atoms with van der Waals surface area (Å²) in [6.07, 6.45) is 6.67. The molecule has 0 bridgehead atoms. The fourth-order valence-corrected chi connectivity index (χ4v) is 1.23. The number of hydrogen-bond acceptors (Lipinski definition) is 2. The number of nitrogens with zero attached hydrogens (tertiary/aromatic N) is 3. The Hall–Kier alpha value is -1.38. The monoisotopic (exact) mass is 161 g/mol. The van der Waals surface area contributed by atoms with Crippen LogP contribution in [0.15, 0.2) is 18.6 Å². The van der Waals surface area contributed by atoms with E-state index in [1.54, 1.807) is 0 Å². The first kappa shape index (κ1) is 7.28. The van der Waals surface area contributed by atoms with Gasteiger partial charge in [-0.25, -0.2) is 4.98 Å². The summed E-state index contributed by atoms with van der Waals surface area (Å²) in [5.74, 6) is 0. The molecule has 0 amide bonds. The average Bonchev–Trinajstić information content (AvgIpc) is 2.47. The van der Waals surface area contributed by atoms with E-state index >= 15 is 0 Å². The Morgan fingerprint density at radius 2 is 2.17 bits per heavy atom. The van der Waals surface area contributed by atoms with Gasteiger partial charge in [0.25, 0.3) is 0 Å². The number of aryl methyl sites for hydroxylation is 2. The van der Waals surface area contributed by atoms with Crippen LogP contribution in [0.1, 0.15) is 18.3 Å². The standard InChI is InChI=1S/C9H11N3/c1-3-8-6-12-7(2)4-11-9(12)5-10-8/h4-6H,3H2,1-2H3. The Morgan fingerprint density at radius 1 is 1.33 bits per heavy atom. The molecule has 2 aromatic heterocycles. The van der Waals surface area contributed by atoms with Crippen LogP contribution in [-0.2, 0) is 6.42 Å². The van der Waals surface area contributed by atoms with Gasteiger partial charge in [-0.1, -0.05) is 6.92 Å². The predicted octanol–water partition coefficient (Wildman–Crippen LogP) is 1.60. The summed E-state index contributed by atoms with van der Waals surface area (Å²) in [7, 11) is 0. The number of aromatic nitrogens is 3. The van der Waals surface area contributed by atoms with Crippen molar-refractivity contribution < 1.29 is 0 Å². The maximum atomic E-state index is 4.26. The molecule has 62 valence electrons. The first-order valence-electron chi connectivity index (χ1n) is 4.10. The highest BCUT2D eigenvalue weighted by atomic mass is 15.0. The smallest absolute Gasteiger partial charge is 0.155 e. The molecule has 0 aromatic carbocycles. The molecule has 12 heavy (non-hydrogen) atoms. The van der Waals surface area contributed by atoms with Crippen LogP contribution >= 0.6 is 0 Å². The molecule has 0 saturated heterocycles. The third-order valence-corrected chi connectivity index (χ3v) is 2.00. The molecule has 2 rings (SSSR count). The first-order valence-corrected chi connectivity index (χ1v) is 4.10. The minimum atomic E-state index is 0.921. The minimum absolute atomic E-state index is 0.921. The number of fused-ring (bicyclic) bond motifs is 1. The molecule has 0 spiro atoms. The van der Waals surface area contributed by atoms with Crippen molar-refractivity contribution in [3.8, 4) is 0 Å². The van der Waals surface area contributed by atoms with Crippen molar-refractivity contribution in [1.82, 2.24) is 14.4 Å². The van der Waals surface area contributed by atoms with Crippen LogP contribution in [0.2, 0.25) is 0 Å². The summed E-state index contributed by atoms with van der Waals surface area (Å²) in [5.41, 5.74) is 3.18. The largest absolute Gasteiger partial charge is 0.301 e. The maximum Gasteiger partial charge on any atom is 0.155 e. The van der Waals surface area contributed by atoms with Gasteiger partial charge < -0.3 is 4.40 Å². The predicted molar refractivity (Wildman–Crippen MR) is 47.1 cm³/mol. The Labute approximate surface area is 71.1 Å². The van der Waals surface area contributed by atoms with E-state index in [2.05, 4.69) is 21.3 Å². The van der Waals surface area contributed by atoms with Crippen LogP contribution in [-0.4, -0.2) is 14.4 Å². The van der Waals surface area contributed by atoms with Crippen molar-refractivity contribution in [3.63, 3.8) is 0 Å². The van der Waals surface area contributed by atoms with Gasteiger partial charge in [0.1, 0.15) is 0 Å². The highest BCUT2D eigenvalue weighted by Gasteiger charge is 1.98. The summed E-state index contributed by atoms with van der Waals surface area (Å²) in [4.78, 5) is 8.45. The molecule has 0 aliphatic carbocycles. The zero-order valence-electron chi connectivity index (χ0n) is 7.28. The summed E-state index contributed by atoms with van der Waals surface area (Å²) < 4.78 is 2.06. The molecular weight excluding hydrogens is 150 g/mol. The molecule has 3 heteroatoms. The molecule has 2 heterocycles. The van der Waals surface area contributed by atoms with Crippen molar-refractivity contribution in [2.45, 2.75) is 20.3 Å². The van der Waals surface area contributed by atoms with E-state index in [0.29, 0.717) is 0 Å². The lowest BCUT2D eigenvalue weighted by Gasteiger charge is -1.98. The van der Waals surface area contributed by atoms with E-state index in [1.165, 1.54) is 0 Å². The first-order chi connectivity index (χ1) is 5.81. The molecule has 0 N–H and O–H groups in total. The van der Waals surface area contributed by atoms with Crippen molar-refractivity contribution in [2.24, 2.45) is 0 Å². The third kappa shape index (κ3) is 0.978. The van der Waals surface area contributed by atoms with Gasteiger partial charge in [0.05, 0.1) is 11.9 Å². The highest BCUT2D eigenvalue weighted by Crippen LogP contribution is 2.05. The number of hydrogen-bond donors (Lipinski definition) is 0. The fourth-order valence-electron chi connectivity index (χ4n) is 1.23. The van der Waals surface area contributed by atoms with E-state index in [-0.39, 0.29) is 0 Å². The Morgan fingerprint density at radius 3 is 2.92 bits per heavy atom. The van der Waals surface area contributed by atoms with Gasteiger partial charge in [0.2, 0.25) is 0 Å². The SMILES string of the molecule is CCc1cn2c(C)cnc2cn1. The van der Waals surface area contributed by atoms with Crippen LogP contribution in [0.4, 0.5) is 0 Å². The van der Waals surface area contributed by atoms with Gasteiger partial charge in [0, 0.05) is 18.1 Å². The molecule has 3 nitrogen and oxygen atoms in total. The lowest BCUT2D eigenvalue weighted by Crippen LogP contribution is -1.93. The molecular formula is C9H11N3. The minimum Gasteiger partial charge on any atom is -0.301 e. The topological polar surface area (TPSA) is 30.2 Å². The summed E-state index contributed by atoms with van der Waals surface area (Å²) in [5, 5.41) is 0. The molecule has 2 aromatic rings. The zero-order chi connectivity index (χ0) is 8.55. The Bertz CT molecular complexity index is 403. The van der Waals surface area contributed by atoms with Gasteiger partial charge >= 0.3 is 0 Å². The second-order valence-electron chi connectivity index (χ2n) is 2.86. The van der Waals surface area contributed by atoms with E-state index in [1.807, 2.05) is 25.5 Å². The van der Waals surface area contributed by atoms with E-state index in [9.17, 15) is 0 Å². The van der Waals surface area contributed by atoms with Crippen molar-refractivity contribution in [3.05, 3.63) is 30.0 Å². The van der Waals surface area contributed by atoms with Crippen LogP contribution in [0.5, 0.6) is 0 Å². The molecule has 0 unspecified atom stereocenters. The van der Waals surface area contributed by atoms with E-state index in [4.69, 9.17) is 0 Å². The second-order valence-corrected chi connectivity index (χ2v) is 2.86. The Kier molecular flexibility index (Phi) is 1.57. The van der Waals surface area contributed by atoms with Crippen LogP contribution in [0.3, 0.4) is 0 Å². The fraction of sp³-hybridized carbons (Fsp3) is 0.333. The zero-order valence-corrected chi connectivity index (χ0v) is 7.28. The lowest BCUT2D eigenvalue weighted by molar-refractivity contribution is 0.966. The highest BCUT2D eigenvalue weighted by molar-refractivity contribution is 5.37. The van der Waals surface area contributed by atoms with Crippen LogP contribution in [0, 0.1) is 6.92 Å². The van der Waals surface area contributed by atoms with E-state index < -0.39 is 0 Å². The van der Waals surface area contributed by atoms with Crippen molar-refractivity contribution >= 4 is 5.65 Å². The second kappa shape index (κ2) is 2.59.